The number of amides is 1. The van der Waals surface area contributed by atoms with Gasteiger partial charge in [0.2, 0.25) is 0 Å². The molecule has 0 saturated carbocycles. The van der Waals surface area contributed by atoms with Crippen molar-refractivity contribution >= 4 is 17.3 Å². The number of hydrogen-bond donors (Lipinski definition) is 0. The topological polar surface area (TPSA) is 66.7 Å². The molecule has 1 fully saturated rings. The number of unbranched alkanes of at least 4 members (excludes halogenated alkanes) is 1. The van der Waals surface area contributed by atoms with Crippen molar-refractivity contribution in [2.45, 2.75) is 39.0 Å². The van der Waals surface area contributed by atoms with Crippen molar-refractivity contribution in [2.75, 3.05) is 31.6 Å². The van der Waals surface area contributed by atoms with Crippen LogP contribution < -0.4 is 4.90 Å². The summed E-state index contributed by atoms with van der Waals surface area (Å²) in [6.07, 6.45) is 5.32. The lowest BCUT2D eigenvalue weighted by molar-refractivity contribution is -0.384. The highest BCUT2D eigenvalue weighted by Crippen LogP contribution is 2.29. The lowest BCUT2D eigenvalue weighted by Gasteiger charge is -2.31. The molecule has 126 valence electrons. The molecule has 1 aromatic rings. The number of anilines is 1. The van der Waals surface area contributed by atoms with Gasteiger partial charge in [-0.3, -0.25) is 14.9 Å². The number of nitrogens with zero attached hydrogens (tertiary/aromatic N) is 3. The fourth-order valence-electron chi connectivity index (χ4n) is 2.92. The smallest absolute Gasteiger partial charge is 0.270 e. The summed E-state index contributed by atoms with van der Waals surface area (Å²) < 4.78 is 0. The van der Waals surface area contributed by atoms with Crippen LogP contribution >= 0.6 is 0 Å². The summed E-state index contributed by atoms with van der Waals surface area (Å²) in [6, 6.07) is 4.64. The monoisotopic (exact) mass is 319 g/mol. The Balaban J connectivity index is 2.33. The van der Waals surface area contributed by atoms with Crippen LogP contribution in [0.15, 0.2) is 18.2 Å². The van der Waals surface area contributed by atoms with Gasteiger partial charge in [0.25, 0.3) is 11.6 Å². The number of rotatable bonds is 6. The van der Waals surface area contributed by atoms with Gasteiger partial charge in [-0.1, -0.05) is 13.3 Å². The Morgan fingerprint density at radius 1 is 1.30 bits per heavy atom. The van der Waals surface area contributed by atoms with E-state index in [1.165, 1.54) is 18.6 Å². The molecule has 0 aliphatic carbocycles. The van der Waals surface area contributed by atoms with E-state index in [-0.39, 0.29) is 11.6 Å². The van der Waals surface area contributed by atoms with Crippen molar-refractivity contribution in [2.24, 2.45) is 0 Å². The number of hydrogen-bond acceptors (Lipinski definition) is 4. The molecule has 1 saturated heterocycles. The van der Waals surface area contributed by atoms with Crippen molar-refractivity contribution in [3.8, 4) is 0 Å². The lowest BCUT2D eigenvalue weighted by atomic mass is 10.1. The second-order valence-corrected chi connectivity index (χ2v) is 6.09. The molecule has 0 bridgehead atoms. The third kappa shape index (κ3) is 4.21. The summed E-state index contributed by atoms with van der Waals surface area (Å²) in [5.74, 6) is -0.136. The Bertz CT molecular complexity index is 568. The van der Waals surface area contributed by atoms with Crippen LogP contribution in [0.2, 0.25) is 0 Å². The second kappa shape index (κ2) is 7.94. The Hall–Kier alpha value is -2.11. The summed E-state index contributed by atoms with van der Waals surface area (Å²) in [5, 5.41) is 11.1. The van der Waals surface area contributed by atoms with E-state index in [2.05, 4.69) is 11.8 Å². The van der Waals surface area contributed by atoms with E-state index in [4.69, 9.17) is 0 Å². The van der Waals surface area contributed by atoms with Crippen LogP contribution in [-0.2, 0) is 0 Å². The molecule has 6 heteroatoms. The minimum atomic E-state index is -0.442. The zero-order valence-electron chi connectivity index (χ0n) is 14.0. The van der Waals surface area contributed by atoms with Crippen LogP contribution in [-0.4, -0.2) is 42.4 Å². The Morgan fingerprint density at radius 2 is 2.00 bits per heavy atom. The van der Waals surface area contributed by atoms with Gasteiger partial charge in [-0.05, 0) is 31.7 Å². The molecule has 0 aromatic heterocycles. The molecule has 1 amide bonds. The first-order valence-electron chi connectivity index (χ1n) is 8.33. The minimum absolute atomic E-state index is 0.0296. The molecule has 0 atom stereocenters. The van der Waals surface area contributed by atoms with Gasteiger partial charge in [0.15, 0.2) is 0 Å². The first-order chi connectivity index (χ1) is 11.0. The fraction of sp³-hybridized carbons (Fsp3) is 0.588. The fourth-order valence-corrected chi connectivity index (χ4v) is 2.92. The lowest BCUT2D eigenvalue weighted by Crippen LogP contribution is -2.33. The average molecular weight is 319 g/mol. The number of nitro benzene ring substituents is 1. The number of non-ortho nitro benzene ring substituents is 1. The van der Waals surface area contributed by atoms with Crippen LogP contribution in [0.3, 0.4) is 0 Å². The molecule has 0 spiro atoms. The van der Waals surface area contributed by atoms with Crippen LogP contribution in [0.1, 0.15) is 49.4 Å². The molecule has 0 radical (unpaired) electrons. The van der Waals surface area contributed by atoms with Crippen molar-refractivity contribution in [3.63, 3.8) is 0 Å². The number of piperidine rings is 1. The molecule has 1 aliphatic rings. The van der Waals surface area contributed by atoms with E-state index in [1.54, 1.807) is 18.0 Å². The van der Waals surface area contributed by atoms with E-state index >= 15 is 0 Å². The highest BCUT2D eigenvalue weighted by molar-refractivity contribution is 6.00. The Kier molecular flexibility index (Phi) is 5.96. The summed E-state index contributed by atoms with van der Waals surface area (Å²) in [4.78, 5) is 27.2. The summed E-state index contributed by atoms with van der Waals surface area (Å²) in [7, 11) is 1.76. The largest absolute Gasteiger partial charge is 0.371 e. The third-order valence-corrected chi connectivity index (χ3v) is 4.31. The Morgan fingerprint density at radius 3 is 2.61 bits per heavy atom. The summed E-state index contributed by atoms with van der Waals surface area (Å²) in [5.41, 5.74) is 1.24. The quantitative estimate of drug-likeness (QED) is 0.595. The predicted molar refractivity (Wildman–Crippen MR) is 91.0 cm³/mol. The number of nitro groups is 1. The highest BCUT2D eigenvalue weighted by Gasteiger charge is 2.23. The van der Waals surface area contributed by atoms with Gasteiger partial charge in [-0.15, -0.1) is 0 Å². The molecule has 0 unspecified atom stereocenters. The van der Waals surface area contributed by atoms with E-state index in [9.17, 15) is 14.9 Å². The summed E-state index contributed by atoms with van der Waals surface area (Å²) in [6.45, 7) is 4.54. The zero-order chi connectivity index (χ0) is 16.8. The summed E-state index contributed by atoms with van der Waals surface area (Å²) >= 11 is 0. The highest BCUT2D eigenvalue weighted by atomic mass is 16.6. The molecular formula is C17H25N3O3. The van der Waals surface area contributed by atoms with Crippen LogP contribution in [0.25, 0.3) is 0 Å². The average Bonchev–Trinajstić information content (AvgIpc) is 2.59. The van der Waals surface area contributed by atoms with Crippen LogP contribution in [0.5, 0.6) is 0 Å². The van der Waals surface area contributed by atoms with Gasteiger partial charge >= 0.3 is 0 Å². The van der Waals surface area contributed by atoms with Gasteiger partial charge in [0.05, 0.1) is 16.2 Å². The van der Waals surface area contributed by atoms with E-state index < -0.39 is 4.92 Å². The molecule has 1 aromatic carbocycles. The van der Waals surface area contributed by atoms with E-state index in [1.807, 2.05) is 0 Å². The van der Waals surface area contributed by atoms with Crippen LogP contribution in [0, 0.1) is 10.1 Å². The molecule has 6 nitrogen and oxygen atoms in total. The van der Waals surface area contributed by atoms with Gasteiger partial charge in [-0.2, -0.15) is 0 Å². The van der Waals surface area contributed by atoms with E-state index in [0.29, 0.717) is 12.1 Å². The maximum Gasteiger partial charge on any atom is 0.270 e. The standard InChI is InChI=1S/C17H25N3O3/c1-3-4-10-18(2)17(21)15-13-14(20(22)23)8-9-16(15)19-11-6-5-7-12-19/h8-9,13H,3-7,10-12H2,1-2H3. The van der Waals surface area contributed by atoms with Crippen molar-refractivity contribution in [3.05, 3.63) is 33.9 Å². The predicted octanol–water partition coefficient (Wildman–Crippen LogP) is 3.46. The zero-order valence-corrected chi connectivity index (χ0v) is 14.0. The molecule has 1 aliphatic heterocycles. The number of carbonyl (C=O) groups is 1. The first kappa shape index (κ1) is 17.2. The molecular weight excluding hydrogens is 294 g/mol. The number of benzene rings is 1. The van der Waals surface area contributed by atoms with Crippen molar-refractivity contribution < 1.29 is 9.72 Å². The maximum atomic E-state index is 12.8. The van der Waals surface area contributed by atoms with Gasteiger partial charge < -0.3 is 9.80 Å². The Labute approximate surface area is 137 Å². The molecule has 1 heterocycles. The number of carbonyl (C=O) groups excluding carboxylic acids is 1. The van der Waals surface area contributed by atoms with Crippen molar-refractivity contribution in [1.29, 1.82) is 0 Å². The maximum absolute atomic E-state index is 12.8. The minimum Gasteiger partial charge on any atom is -0.371 e. The van der Waals surface area contributed by atoms with Gasteiger partial charge in [0.1, 0.15) is 0 Å². The third-order valence-electron chi connectivity index (χ3n) is 4.31. The van der Waals surface area contributed by atoms with Gasteiger partial charge in [-0.25, -0.2) is 0 Å². The molecule has 0 N–H and O–H groups in total. The SMILES string of the molecule is CCCCN(C)C(=O)c1cc([N+](=O)[O-])ccc1N1CCCCC1. The van der Waals surface area contributed by atoms with Gasteiger partial charge in [0, 0.05) is 38.8 Å². The normalized spacial score (nSPS) is 14.6. The van der Waals surface area contributed by atoms with Crippen LogP contribution in [0.4, 0.5) is 11.4 Å². The second-order valence-electron chi connectivity index (χ2n) is 6.09. The molecule has 2 rings (SSSR count). The molecule has 23 heavy (non-hydrogen) atoms. The van der Waals surface area contributed by atoms with Crippen molar-refractivity contribution in [1.82, 2.24) is 4.90 Å². The first-order valence-corrected chi connectivity index (χ1v) is 8.33. The van der Waals surface area contributed by atoms with E-state index in [0.717, 1.165) is 44.5 Å².